The highest BCUT2D eigenvalue weighted by Crippen LogP contribution is 2.55. The van der Waals surface area contributed by atoms with E-state index in [-0.39, 0.29) is 7.12 Å². The summed E-state index contributed by atoms with van der Waals surface area (Å²) in [7, 11) is -0.252. The van der Waals surface area contributed by atoms with Gasteiger partial charge in [0.05, 0.1) is 22.4 Å². The van der Waals surface area contributed by atoms with Crippen LogP contribution in [0.15, 0.2) is 201 Å². The van der Waals surface area contributed by atoms with E-state index in [1.165, 1.54) is 5.39 Å². The average Bonchev–Trinajstić information content (AvgIpc) is 4.00. The Labute approximate surface area is 335 Å². The van der Waals surface area contributed by atoms with Crippen molar-refractivity contribution in [3.8, 4) is 51.0 Å². The lowest BCUT2D eigenvalue weighted by Crippen LogP contribution is -2.52. The summed E-state index contributed by atoms with van der Waals surface area (Å²) in [5.41, 5.74) is 12.2. The molecule has 0 amide bonds. The summed E-state index contributed by atoms with van der Waals surface area (Å²) in [4.78, 5) is 14.7. The number of imidazole rings is 1. The standard InChI is InChI=1S/C50H33BN6O/c1-3-14-34(15-4-1)38-19-13-20-39(35-16-5-2-6-17-35)49(38)57-46-23-10-9-22-45(46)56-44-28-26-36(32-42(44)50-53-30-31-54(50)51(56)57)58-37-25-27-41-40-18-7-8-21-43(40)55(47(41)33-37)48-24-11-12-29-52-48/h1-33H. The molecule has 0 bridgehead atoms. The number of fused-ring (bicyclic) bond motifs is 11. The minimum atomic E-state index is -0.252. The molecule has 272 valence electrons. The summed E-state index contributed by atoms with van der Waals surface area (Å²) in [5, 5.41) is 2.32. The van der Waals surface area contributed by atoms with E-state index in [1.54, 1.807) is 0 Å². The molecule has 0 aliphatic carbocycles. The van der Waals surface area contributed by atoms with Crippen molar-refractivity contribution in [1.82, 2.24) is 19.0 Å². The number of pyridine rings is 1. The summed E-state index contributed by atoms with van der Waals surface area (Å²) < 4.78 is 11.2. The third kappa shape index (κ3) is 4.88. The molecule has 5 heterocycles. The lowest BCUT2D eigenvalue weighted by Gasteiger charge is -2.36. The highest BCUT2D eigenvalue weighted by Gasteiger charge is 2.50. The van der Waals surface area contributed by atoms with Gasteiger partial charge >= 0.3 is 7.12 Å². The van der Waals surface area contributed by atoms with E-state index in [2.05, 4.69) is 189 Å². The second-order valence-corrected chi connectivity index (χ2v) is 14.7. The van der Waals surface area contributed by atoms with Crippen LogP contribution in [0.1, 0.15) is 0 Å². The topological polar surface area (TPSA) is 51.4 Å². The first-order valence-corrected chi connectivity index (χ1v) is 19.5. The van der Waals surface area contributed by atoms with Crippen LogP contribution in [0, 0.1) is 0 Å². The highest BCUT2D eigenvalue weighted by atomic mass is 16.5. The zero-order valence-electron chi connectivity index (χ0n) is 31.2. The third-order valence-corrected chi connectivity index (χ3v) is 11.5. The van der Waals surface area contributed by atoms with E-state index in [9.17, 15) is 0 Å². The zero-order chi connectivity index (χ0) is 38.2. The number of hydrogen-bond acceptors (Lipinski definition) is 5. The third-order valence-electron chi connectivity index (χ3n) is 11.5. The molecular weight excluding hydrogens is 711 g/mol. The fourth-order valence-corrected chi connectivity index (χ4v) is 9.04. The van der Waals surface area contributed by atoms with Gasteiger partial charge < -0.3 is 18.8 Å². The molecule has 58 heavy (non-hydrogen) atoms. The van der Waals surface area contributed by atoms with Crippen LogP contribution in [0.5, 0.6) is 11.5 Å². The first kappa shape index (κ1) is 32.4. The van der Waals surface area contributed by atoms with Gasteiger partial charge in [-0.15, -0.1) is 0 Å². The van der Waals surface area contributed by atoms with Crippen molar-refractivity contribution in [2.45, 2.75) is 0 Å². The normalized spacial score (nSPS) is 12.7. The predicted molar refractivity (Wildman–Crippen MR) is 235 cm³/mol. The number of nitrogens with zero attached hydrogens (tertiary/aromatic N) is 6. The van der Waals surface area contributed by atoms with Gasteiger partial charge in [-0.3, -0.25) is 4.57 Å². The van der Waals surface area contributed by atoms with Gasteiger partial charge in [0.1, 0.15) is 23.1 Å². The SMILES string of the molecule is c1ccc(-c2cccc(-c3ccccc3)c2N2B3N(c4ccc(Oc5ccc6c7ccccc7n(-c7ccccn7)c6c5)cc4-c4nccn43)c3ccccc32)cc1. The molecule has 8 heteroatoms. The van der Waals surface area contributed by atoms with Gasteiger partial charge in [0, 0.05) is 63.5 Å². The molecule has 0 atom stereocenters. The Kier molecular flexibility index (Phi) is 7.19. The summed E-state index contributed by atoms with van der Waals surface area (Å²) in [6.45, 7) is 0. The van der Waals surface area contributed by atoms with Crippen molar-refractivity contribution in [1.29, 1.82) is 0 Å². The van der Waals surface area contributed by atoms with Gasteiger partial charge in [-0.1, -0.05) is 115 Å². The maximum Gasteiger partial charge on any atom is 0.519 e. The van der Waals surface area contributed by atoms with E-state index in [0.717, 1.165) is 90.1 Å². The van der Waals surface area contributed by atoms with Gasteiger partial charge in [0.25, 0.3) is 0 Å². The van der Waals surface area contributed by atoms with Crippen molar-refractivity contribution in [2.24, 2.45) is 0 Å². The smallest absolute Gasteiger partial charge is 0.457 e. The lowest BCUT2D eigenvalue weighted by atomic mass is 9.80. The van der Waals surface area contributed by atoms with Crippen LogP contribution in [0.4, 0.5) is 22.7 Å². The fraction of sp³-hybridized carbons (Fsp3) is 0. The number of aromatic nitrogens is 4. The molecule has 0 radical (unpaired) electrons. The lowest BCUT2D eigenvalue weighted by molar-refractivity contribution is 0.483. The van der Waals surface area contributed by atoms with Gasteiger partial charge in [0.15, 0.2) is 0 Å². The summed E-state index contributed by atoms with van der Waals surface area (Å²) in [5.74, 6) is 3.22. The van der Waals surface area contributed by atoms with E-state index in [4.69, 9.17) is 14.7 Å². The molecule has 7 nitrogen and oxygen atoms in total. The van der Waals surface area contributed by atoms with E-state index >= 15 is 0 Å². The van der Waals surface area contributed by atoms with Gasteiger partial charge in [0.2, 0.25) is 0 Å². The number of anilines is 4. The van der Waals surface area contributed by atoms with Crippen LogP contribution in [-0.4, -0.2) is 26.1 Å². The molecule has 12 rings (SSSR count). The van der Waals surface area contributed by atoms with Crippen molar-refractivity contribution in [2.75, 3.05) is 9.62 Å². The fourth-order valence-electron chi connectivity index (χ4n) is 9.04. The second kappa shape index (κ2) is 12.9. The maximum atomic E-state index is 6.73. The highest BCUT2D eigenvalue weighted by molar-refractivity contribution is 6.73. The van der Waals surface area contributed by atoms with Crippen molar-refractivity contribution < 1.29 is 4.74 Å². The Morgan fingerprint density at radius 2 is 1.10 bits per heavy atom. The van der Waals surface area contributed by atoms with Gasteiger partial charge in [-0.25, -0.2) is 9.97 Å². The second-order valence-electron chi connectivity index (χ2n) is 14.7. The molecule has 0 saturated carbocycles. The minimum absolute atomic E-state index is 0.252. The largest absolute Gasteiger partial charge is 0.519 e. The monoisotopic (exact) mass is 744 g/mol. The molecule has 0 unspecified atom stereocenters. The van der Waals surface area contributed by atoms with Crippen molar-refractivity contribution in [3.05, 3.63) is 201 Å². The van der Waals surface area contributed by atoms with Crippen LogP contribution in [0.25, 0.3) is 61.3 Å². The molecule has 3 aromatic heterocycles. The molecule has 0 saturated heterocycles. The van der Waals surface area contributed by atoms with Crippen LogP contribution >= 0.6 is 0 Å². The predicted octanol–water partition coefficient (Wildman–Crippen LogP) is 12.3. The summed E-state index contributed by atoms with van der Waals surface area (Å²) in [6.07, 6.45) is 5.84. The molecule has 2 aliphatic rings. The number of rotatable bonds is 6. The first-order chi connectivity index (χ1) is 28.8. The van der Waals surface area contributed by atoms with Gasteiger partial charge in [-0.2, -0.15) is 0 Å². The number of hydrogen-bond donors (Lipinski definition) is 0. The molecular formula is C50H33BN6O. The summed E-state index contributed by atoms with van der Waals surface area (Å²) >= 11 is 0. The maximum absolute atomic E-state index is 6.73. The Balaban J connectivity index is 0.997. The van der Waals surface area contributed by atoms with Crippen molar-refractivity contribution >= 4 is 51.7 Å². The van der Waals surface area contributed by atoms with Crippen LogP contribution in [0.2, 0.25) is 0 Å². The van der Waals surface area contributed by atoms with Crippen LogP contribution < -0.4 is 14.4 Å². The molecule has 10 aromatic rings. The average molecular weight is 745 g/mol. The molecule has 7 aromatic carbocycles. The van der Waals surface area contributed by atoms with E-state index < -0.39 is 0 Å². The Morgan fingerprint density at radius 1 is 0.448 bits per heavy atom. The zero-order valence-corrected chi connectivity index (χ0v) is 31.2. The minimum Gasteiger partial charge on any atom is -0.457 e. The Bertz CT molecular complexity index is 3120. The van der Waals surface area contributed by atoms with Crippen LogP contribution in [0.3, 0.4) is 0 Å². The van der Waals surface area contributed by atoms with Gasteiger partial charge in [-0.05, 0) is 71.8 Å². The Morgan fingerprint density at radius 3 is 1.86 bits per heavy atom. The van der Waals surface area contributed by atoms with E-state index in [0.29, 0.717) is 0 Å². The molecule has 0 N–H and O–H groups in total. The molecule has 0 fully saturated rings. The van der Waals surface area contributed by atoms with E-state index in [1.807, 2.05) is 30.6 Å². The molecule has 2 aliphatic heterocycles. The number of para-hydroxylation sites is 4. The van der Waals surface area contributed by atoms with Crippen LogP contribution in [-0.2, 0) is 0 Å². The molecule has 0 spiro atoms. The number of benzene rings is 7. The number of ether oxygens (including phenoxy) is 1. The van der Waals surface area contributed by atoms with Crippen molar-refractivity contribution in [3.63, 3.8) is 0 Å². The quantitative estimate of drug-likeness (QED) is 0.159. The Hall–Kier alpha value is -7.84. The summed E-state index contributed by atoms with van der Waals surface area (Å²) in [6, 6.07) is 63.9. The first-order valence-electron chi connectivity index (χ1n) is 19.5.